The van der Waals surface area contributed by atoms with Gasteiger partial charge in [-0.2, -0.15) is 0 Å². The van der Waals surface area contributed by atoms with E-state index >= 15 is 0 Å². The number of sulfonamides is 1. The molecule has 1 aromatic rings. The monoisotopic (exact) mass is 308 g/mol. The van der Waals surface area contributed by atoms with E-state index in [1.165, 1.54) is 6.20 Å². The van der Waals surface area contributed by atoms with Crippen LogP contribution in [0.5, 0.6) is 0 Å². The van der Waals surface area contributed by atoms with Crippen LogP contribution in [0.25, 0.3) is 0 Å². The third-order valence-corrected chi connectivity index (χ3v) is 6.40. The summed E-state index contributed by atoms with van der Waals surface area (Å²) in [5.41, 5.74) is 0. The summed E-state index contributed by atoms with van der Waals surface area (Å²) in [6.07, 6.45) is 1.47. The van der Waals surface area contributed by atoms with Crippen LogP contribution in [-0.2, 0) is 14.8 Å². The van der Waals surface area contributed by atoms with Crippen LogP contribution in [0.1, 0.15) is 20.3 Å². The fourth-order valence-corrected chi connectivity index (χ4v) is 4.72. The maximum Gasteiger partial charge on any atom is 0.277 e. The summed E-state index contributed by atoms with van der Waals surface area (Å²) >= 11 is 6.49. The number of carbonyl (C=O) groups is 1. The first kappa shape index (κ1) is 13.8. The third kappa shape index (κ3) is 2.39. The summed E-state index contributed by atoms with van der Waals surface area (Å²) in [6, 6.07) is 0. The van der Waals surface area contributed by atoms with Gasteiger partial charge in [0.25, 0.3) is 10.0 Å². The highest BCUT2D eigenvalue weighted by Gasteiger charge is 2.40. The van der Waals surface area contributed by atoms with E-state index in [1.54, 1.807) is 0 Å². The molecular formula is C10H13ClN2O3S2. The van der Waals surface area contributed by atoms with Crippen molar-refractivity contribution >= 4 is 38.9 Å². The Morgan fingerprint density at radius 3 is 2.67 bits per heavy atom. The van der Waals surface area contributed by atoms with Crippen molar-refractivity contribution in [3.8, 4) is 0 Å². The highest BCUT2D eigenvalue weighted by Crippen LogP contribution is 2.32. The molecule has 0 aromatic carbocycles. The molecular weight excluding hydrogens is 296 g/mol. The molecule has 0 bridgehead atoms. The minimum Gasteiger partial charge on any atom is -0.274 e. The Labute approximate surface area is 115 Å². The summed E-state index contributed by atoms with van der Waals surface area (Å²) in [7, 11) is -3.78. The van der Waals surface area contributed by atoms with Crippen LogP contribution in [0.4, 0.5) is 0 Å². The molecule has 0 radical (unpaired) electrons. The summed E-state index contributed by atoms with van der Waals surface area (Å²) in [5.74, 6) is 0.00749. The molecule has 8 heteroatoms. The molecule has 2 heterocycles. The van der Waals surface area contributed by atoms with E-state index in [4.69, 9.17) is 11.6 Å². The Morgan fingerprint density at radius 1 is 1.56 bits per heavy atom. The number of amides is 1. The molecule has 1 aromatic heterocycles. The first-order valence-corrected chi connectivity index (χ1v) is 8.12. The Balaban J connectivity index is 2.29. The minimum absolute atomic E-state index is 0.0188. The number of halogens is 1. The maximum atomic E-state index is 12.2. The van der Waals surface area contributed by atoms with Gasteiger partial charge in [-0.1, -0.05) is 36.8 Å². The van der Waals surface area contributed by atoms with Gasteiger partial charge in [0.2, 0.25) is 5.91 Å². The normalized spacial score (nSPS) is 21.0. The van der Waals surface area contributed by atoms with E-state index in [0.29, 0.717) is 0 Å². The van der Waals surface area contributed by atoms with Crippen LogP contribution < -0.4 is 0 Å². The number of hydrogen-bond acceptors (Lipinski definition) is 5. The summed E-state index contributed by atoms with van der Waals surface area (Å²) in [5, 5.41) is 0. The highest BCUT2D eigenvalue weighted by molar-refractivity contribution is 7.91. The maximum absolute atomic E-state index is 12.2. The van der Waals surface area contributed by atoms with Crippen molar-refractivity contribution in [2.24, 2.45) is 11.8 Å². The molecule has 0 spiro atoms. The fraction of sp³-hybridized carbons (Fsp3) is 0.600. The van der Waals surface area contributed by atoms with Gasteiger partial charge in [-0.15, -0.1) is 0 Å². The van der Waals surface area contributed by atoms with Gasteiger partial charge in [-0.3, -0.25) is 4.79 Å². The summed E-state index contributed by atoms with van der Waals surface area (Å²) < 4.78 is 25.6. The van der Waals surface area contributed by atoms with E-state index in [-0.39, 0.29) is 39.4 Å². The van der Waals surface area contributed by atoms with Crippen LogP contribution >= 0.6 is 22.9 Å². The van der Waals surface area contributed by atoms with Crippen molar-refractivity contribution in [2.75, 3.05) is 6.54 Å². The molecule has 1 amide bonds. The van der Waals surface area contributed by atoms with E-state index in [9.17, 15) is 13.2 Å². The predicted octanol–water partition coefficient (Wildman–Crippen LogP) is 1.99. The average molecular weight is 309 g/mol. The summed E-state index contributed by atoms with van der Waals surface area (Å²) in [4.78, 5) is 15.5. The molecule has 0 aliphatic carbocycles. The molecule has 1 saturated heterocycles. The second-order valence-electron chi connectivity index (χ2n) is 4.57. The van der Waals surface area contributed by atoms with Crippen molar-refractivity contribution in [3.63, 3.8) is 0 Å². The number of hydrogen-bond donors (Lipinski definition) is 0. The van der Waals surface area contributed by atoms with Crippen LogP contribution in [0.3, 0.4) is 0 Å². The molecule has 1 atom stereocenters. The lowest BCUT2D eigenvalue weighted by atomic mass is 9.95. The second kappa shape index (κ2) is 4.79. The summed E-state index contributed by atoms with van der Waals surface area (Å²) in [6.45, 7) is 4.21. The van der Waals surface area contributed by atoms with Crippen LogP contribution in [-0.4, -0.2) is 30.2 Å². The Hall–Kier alpha value is -0.660. The largest absolute Gasteiger partial charge is 0.277 e. The standard InChI is InChI=1S/C10H13ClN2O3S2/c1-6(2)7-3-8(14)13(5-7)18(15,16)9-4-12-10(11)17-9/h4,6-7H,3,5H2,1-2H3. The van der Waals surface area contributed by atoms with E-state index in [1.807, 2.05) is 13.8 Å². The highest BCUT2D eigenvalue weighted by atomic mass is 35.5. The van der Waals surface area contributed by atoms with Gasteiger partial charge in [0.1, 0.15) is 0 Å². The van der Waals surface area contributed by atoms with Gasteiger partial charge in [0, 0.05) is 13.0 Å². The van der Waals surface area contributed by atoms with E-state index in [0.717, 1.165) is 15.6 Å². The number of carbonyl (C=O) groups excluding carboxylic acids is 1. The van der Waals surface area contributed by atoms with Gasteiger partial charge in [-0.05, 0) is 11.8 Å². The number of aromatic nitrogens is 1. The molecule has 5 nitrogen and oxygen atoms in total. The molecule has 1 aliphatic rings. The number of thiazole rings is 1. The first-order chi connectivity index (χ1) is 8.32. The molecule has 0 saturated carbocycles. The smallest absolute Gasteiger partial charge is 0.274 e. The van der Waals surface area contributed by atoms with Crippen molar-refractivity contribution in [1.82, 2.24) is 9.29 Å². The minimum atomic E-state index is -3.78. The van der Waals surface area contributed by atoms with Crippen LogP contribution in [0.2, 0.25) is 4.47 Å². The Kier molecular flexibility index (Phi) is 3.66. The molecule has 2 rings (SSSR count). The number of nitrogens with zero attached hydrogens (tertiary/aromatic N) is 2. The van der Waals surface area contributed by atoms with Gasteiger partial charge < -0.3 is 0 Å². The topological polar surface area (TPSA) is 67.3 Å². The van der Waals surface area contributed by atoms with E-state index in [2.05, 4.69) is 4.98 Å². The van der Waals surface area contributed by atoms with E-state index < -0.39 is 10.0 Å². The first-order valence-electron chi connectivity index (χ1n) is 5.49. The molecule has 1 fully saturated rings. The SMILES string of the molecule is CC(C)C1CC(=O)N(S(=O)(=O)c2cnc(Cl)s2)C1. The van der Waals surface area contributed by atoms with Gasteiger partial charge in [0.05, 0.1) is 6.20 Å². The zero-order chi connectivity index (χ0) is 13.5. The molecule has 100 valence electrons. The lowest BCUT2D eigenvalue weighted by Gasteiger charge is -2.16. The van der Waals surface area contributed by atoms with Crippen LogP contribution in [0, 0.1) is 11.8 Å². The Bertz CT molecular complexity index is 567. The van der Waals surface area contributed by atoms with Gasteiger partial charge >= 0.3 is 0 Å². The lowest BCUT2D eigenvalue weighted by molar-refractivity contribution is -0.123. The van der Waals surface area contributed by atoms with Crippen LogP contribution in [0.15, 0.2) is 10.4 Å². The zero-order valence-electron chi connectivity index (χ0n) is 9.96. The second-order valence-corrected chi connectivity index (χ2v) is 8.27. The molecule has 1 unspecified atom stereocenters. The van der Waals surface area contributed by atoms with Crippen molar-refractivity contribution in [2.45, 2.75) is 24.5 Å². The van der Waals surface area contributed by atoms with Crippen molar-refractivity contribution < 1.29 is 13.2 Å². The number of rotatable bonds is 3. The third-order valence-electron chi connectivity index (χ3n) is 3.06. The quantitative estimate of drug-likeness (QED) is 0.856. The molecule has 18 heavy (non-hydrogen) atoms. The molecule has 1 aliphatic heterocycles. The zero-order valence-corrected chi connectivity index (χ0v) is 12.3. The molecule has 0 N–H and O–H groups in total. The van der Waals surface area contributed by atoms with Gasteiger partial charge in [-0.25, -0.2) is 17.7 Å². The fourth-order valence-electron chi connectivity index (χ4n) is 1.85. The van der Waals surface area contributed by atoms with Crippen molar-refractivity contribution in [1.29, 1.82) is 0 Å². The van der Waals surface area contributed by atoms with Gasteiger partial charge in [0.15, 0.2) is 8.68 Å². The predicted molar refractivity (Wildman–Crippen MR) is 69.0 cm³/mol. The Morgan fingerprint density at radius 2 is 2.22 bits per heavy atom. The average Bonchev–Trinajstić information content (AvgIpc) is 2.85. The lowest BCUT2D eigenvalue weighted by Crippen LogP contribution is -2.32. The van der Waals surface area contributed by atoms with Crippen molar-refractivity contribution in [3.05, 3.63) is 10.7 Å².